The van der Waals surface area contributed by atoms with Crippen LogP contribution in [-0.4, -0.2) is 101 Å². The molecule has 0 aliphatic carbocycles. The Kier molecular flexibility index (Phi) is 7.00. The van der Waals surface area contributed by atoms with Crippen LogP contribution in [0.5, 0.6) is 11.8 Å². The third-order valence-electron chi connectivity index (χ3n) is 10.9. The van der Waals surface area contributed by atoms with E-state index in [-0.39, 0.29) is 57.1 Å². The molecule has 10 nitrogen and oxygen atoms in total. The van der Waals surface area contributed by atoms with Crippen molar-refractivity contribution in [3.8, 4) is 23.0 Å². The molecular weight excluding hydrogens is 606 g/mol. The molecule has 0 amide bonds. The SMILES string of the molecule is Oc1cc(-c2ncc3c4nc(nc3c2F)OC[C@@]23CCCN2C[C@H](C3)OCCCOC[C@]23CC[C@H](CN4C2)N3)c2c(F)cccc2c1. The second-order valence-corrected chi connectivity index (χ2v) is 14.1. The number of fused-ring (bicyclic) bond motifs is 9. The number of nitrogens with one attached hydrogen (secondary N) is 1. The molecule has 2 N–H and O–H groups in total. The monoisotopic (exact) mass is 644 g/mol. The maximum Gasteiger partial charge on any atom is 0.319 e. The number of halogens is 2. The van der Waals surface area contributed by atoms with Gasteiger partial charge >= 0.3 is 6.01 Å². The van der Waals surface area contributed by atoms with E-state index in [2.05, 4.69) is 25.1 Å². The van der Waals surface area contributed by atoms with Gasteiger partial charge in [-0.25, -0.2) is 8.78 Å². The number of rotatable bonds is 1. The Bertz CT molecular complexity index is 1880. The molecule has 5 aliphatic heterocycles. The lowest BCUT2D eigenvalue weighted by Gasteiger charge is -2.42. The highest BCUT2D eigenvalue weighted by Gasteiger charge is 2.50. The van der Waals surface area contributed by atoms with Gasteiger partial charge in [0.2, 0.25) is 0 Å². The van der Waals surface area contributed by atoms with E-state index in [1.807, 2.05) is 0 Å². The van der Waals surface area contributed by atoms with Crippen molar-refractivity contribution in [3.05, 3.63) is 48.2 Å². The van der Waals surface area contributed by atoms with Crippen LogP contribution in [0.1, 0.15) is 38.5 Å². The predicted molar refractivity (Wildman–Crippen MR) is 172 cm³/mol. The molecule has 7 heterocycles. The van der Waals surface area contributed by atoms with Crippen LogP contribution in [0.2, 0.25) is 0 Å². The Morgan fingerprint density at radius 3 is 2.91 bits per heavy atom. The first-order valence-corrected chi connectivity index (χ1v) is 16.8. The van der Waals surface area contributed by atoms with Crippen molar-refractivity contribution in [2.24, 2.45) is 0 Å². The number of benzene rings is 2. The molecule has 7 bridgehead atoms. The number of ether oxygens (including phenoxy) is 3. The van der Waals surface area contributed by atoms with Gasteiger partial charge in [0.25, 0.3) is 0 Å². The first-order valence-electron chi connectivity index (χ1n) is 16.8. The van der Waals surface area contributed by atoms with Gasteiger partial charge in [0, 0.05) is 56.0 Å². The number of phenolic OH excluding ortho intramolecular Hbond substituents is 1. The standard InChI is InChI=1S/C35H38F2N6O4/c36-27-5-1-4-21-12-23(44)13-25(28(21)27)30-29(37)31-26(15-38-30)32-40-33(39-31)47-20-35-7-2-9-43(35)17-24(14-35)46-11-3-10-45-19-34-8-6-22(41-34)16-42(32)18-34/h1,4-5,12-13,15,22,24,41,44H,2-3,6-11,14,16-20H2/t22-,24+,34+,35+/m1/s1. The number of hydrogen-bond acceptors (Lipinski definition) is 10. The molecule has 47 heavy (non-hydrogen) atoms. The molecule has 0 saturated carbocycles. The van der Waals surface area contributed by atoms with E-state index in [0.29, 0.717) is 56.1 Å². The molecule has 12 heteroatoms. The van der Waals surface area contributed by atoms with Crippen LogP contribution in [0.25, 0.3) is 32.9 Å². The highest BCUT2D eigenvalue weighted by molar-refractivity contribution is 6.00. The van der Waals surface area contributed by atoms with Gasteiger partial charge in [-0.1, -0.05) is 12.1 Å². The first kappa shape index (κ1) is 29.4. The van der Waals surface area contributed by atoms with Crippen molar-refractivity contribution in [2.75, 3.05) is 57.5 Å². The number of nitrogens with zero attached hydrogens (tertiary/aromatic N) is 5. The van der Waals surface area contributed by atoms with Crippen LogP contribution in [-0.2, 0) is 9.47 Å². The lowest BCUT2D eigenvalue weighted by molar-refractivity contribution is 0.0239. The molecule has 4 fully saturated rings. The Morgan fingerprint density at radius 1 is 1.04 bits per heavy atom. The summed E-state index contributed by atoms with van der Waals surface area (Å²) >= 11 is 0. The minimum atomic E-state index is -0.719. The van der Waals surface area contributed by atoms with Gasteiger partial charge in [-0.05, 0) is 68.7 Å². The maximum atomic E-state index is 16.9. The van der Waals surface area contributed by atoms with E-state index < -0.39 is 11.6 Å². The summed E-state index contributed by atoms with van der Waals surface area (Å²) in [5.41, 5.74) is -0.349. The Balaban J connectivity index is 1.19. The number of aromatic nitrogens is 3. The maximum absolute atomic E-state index is 16.9. The number of pyridine rings is 1. The Labute approximate surface area is 271 Å². The number of anilines is 1. The van der Waals surface area contributed by atoms with Crippen LogP contribution < -0.4 is 15.0 Å². The molecule has 9 rings (SSSR count). The predicted octanol–water partition coefficient (Wildman–Crippen LogP) is 4.56. The Hall–Kier alpha value is -3.71. The summed E-state index contributed by atoms with van der Waals surface area (Å²) in [6, 6.07) is 7.68. The van der Waals surface area contributed by atoms with Crippen molar-refractivity contribution >= 4 is 27.5 Å². The van der Waals surface area contributed by atoms with Gasteiger partial charge in [-0.15, -0.1) is 0 Å². The molecule has 2 spiro atoms. The second kappa shape index (κ2) is 11.2. The van der Waals surface area contributed by atoms with E-state index in [4.69, 9.17) is 19.2 Å². The average molecular weight is 645 g/mol. The second-order valence-electron chi connectivity index (χ2n) is 14.1. The summed E-state index contributed by atoms with van der Waals surface area (Å²) < 4.78 is 51.0. The summed E-state index contributed by atoms with van der Waals surface area (Å²) in [4.78, 5) is 18.8. The van der Waals surface area contributed by atoms with E-state index >= 15 is 8.78 Å². The van der Waals surface area contributed by atoms with Crippen LogP contribution in [0, 0.1) is 11.6 Å². The van der Waals surface area contributed by atoms with Crippen molar-refractivity contribution in [3.63, 3.8) is 0 Å². The summed E-state index contributed by atoms with van der Waals surface area (Å²) in [6.45, 7) is 5.36. The highest BCUT2D eigenvalue weighted by Crippen LogP contribution is 2.42. The fourth-order valence-electron chi connectivity index (χ4n) is 8.83. The zero-order valence-corrected chi connectivity index (χ0v) is 26.2. The smallest absolute Gasteiger partial charge is 0.319 e. The third kappa shape index (κ3) is 4.99. The minimum Gasteiger partial charge on any atom is -0.508 e. The van der Waals surface area contributed by atoms with E-state index in [1.54, 1.807) is 18.3 Å². The van der Waals surface area contributed by atoms with Crippen molar-refractivity contribution in [1.82, 2.24) is 25.2 Å². The largest absolute Gasteiger partial charge is 0.508 e. The molecular formula is C35H38F2N6O4. The van der Waals surface area contributed by atoms with Gasteiger partial charge < -0.3 is 29.5 Å². The zero-order chi connectivity index (χ0) is 31.8. The average Bonchev–Trinajstić information content (AvgIpc) is 3.70. The normalized spacial score (nSPS) is 29.6. The molecule has 4 atom stereocenters. The minimum absolute atomic E-state index is 0.0466. The third-order valence-corrected chi connectivity index (χ3v) is 10.9. The quantitative estimate of drug-likeness (QED) is 0.307. The van der Waals surface area contributed by atoms with Crippen molar-refractivity contribution in [1.29, 1.82) is 0 Å². The molecule has 2 aromatic heterocycles. The van der Waals surface area contributed by atoms with Crippen molar-refractivity contribution < 1.29 is 28.1 Å². The zero-order valence-electron chi connectivity index (χ0n) is 26.2. The summed E-state index contributed by atoms with van der Waals surface area (Å²) in [5.74, 6) is -0.800. The summed E-state index contributed by atoms with van der Waals surface area (Å²) in [6.07, 6.45) is 7.40. The summed E-state index contributed by atoms with van der Waals surface area (Å²) in [7, 11) is 0. The molecule has 246 valence electrons. The van der Waals surface area contributed by atoms with Gasteiger partial charge in [0.1, 0.15) is 35.2 Å². The van der Waals surface area contributed by atoms with Crippen LogP contribution >= 0.6 is 0 Å². The van der Waals surface area contributed by atoms with Gasteiger partial charge in [-0.2, -0.15) is 9.97 Å². The molecule has 5 aliphatic rings. The number of aromatic hydroxyl groups is 1. The first-order chi connectivity index (χ1) is 22.9. The fraction of sp³-hybridized carbons (Fsp3) is 0.514. The van der Waals surface area contributed by atoms with E-state index in [0.717, 1.165) is 51.6 Å². The lowest BCUT2D eigenvalue weighted by Crippen LogP contribution is -2.62. The highest BCUT2D eigenvalue weighted by atomic mass is 19.1. The summed E-state index contributed by atoms with van der Waals surface area (Å²) in [5, 5.41) is 15.4. The molecule has 4 aromatic rings. The van der Waals surface area contributed by atoms with Gasteiger partial charge in [0.05, 0.1) is 29.2 Å². The number of phenols is 1. The fourth-order valence-corrected chi connectivity index (χ4v) is 8.83. The lowest BCUT2D eigenvalue weighted by atomic mass is 9.94. The number of hydrogen-bond donors (Lipinski definition) is 2. The van der Waals surface area contributed by atoms with Crippen LogP contribution in [0.15, 0.2) is 36.5 Å². The van der Waals surface area contributed by atoms with Crippen LogP contribution in [0.3, 0.4) is 0 Å². The van der Waals surface area contributed by atoms with Gasteiger partial charge in [0.15, 0.2) is 5.82 Å². The number of piperazine rings is 1. The van der Waals surface area contributed by atoms with E-state index in [1.165, 1.54) is 18.2 Å². The molecule has 2 aromatic carbocycles. The molecule has 0 radical (unpaired) electrons. The topological polar surface area (TPSA) is 105 Å². The van der Waals surface area contributed by atoms with Crippen LogP contribution in [0.4, 0.5) is 14.6 Å². The van der Waals surface area contributed by atoms with E-state index in [9.17, 15) is 5.11 Å². The Morgan fingerprint density at radius 2 is 1.98 bits per heavy atom. The van der Waals surface area contributed by atoms with Crippen molar-refractivity contribution in [2.45, 2.75) is 61.7 Å². The molecule has 0 unspecified atom stereocenters. The molecule has 4 saturated heterocycles. The van der Waals surface area contributed by atoms with Gasteiger partial charge in [-0.3, -0.25) is 9.88 Å².